The van der Waals surface area contributed by atoms with E-state index in [9.17, 15) is 4.79 Å². The monoisotopic (exact) mass is 350 g/mol. The summed E-state index contributed by atoms with van der Waals surface area (Å²) in [6.07, 6.45) is 3.70. The third-order valence-electron chi connectivity index (χ3n) is 5.55. The van der Waals surface area contributed by atoms with Crippen LogP contribution in [0.4, 0.5) is 0 Å². The summed E-state index contributed by atoms with van der Waals surface area (Å²) >= 11 is 0. The van der Waals surface area contributed by atoms with Gasteiger partial charge in [-0.25, -0.2) is 0 Å². The molecule has 1 aliphatic rings. The molecule has 0 aliphatic carbocycles. The quantitative estimate of drug-likeness (QED) is 0.770. The Balaban J connectivity index is 1.46. The molecule has 3 rings (SSSR count). The molecule has 3 heteroatoms. The largest absolute Gasteiger partial charge is 0.342 e. The second-order valence-electron chi connectivity index (χ2n) is 7.50. The molecule has 0 bridgehead atoms. The molecule has 1 fully saturated rings. The highest BCUT2D eigenvalue weighted by Crippen LogP contribution is 2.32. The average Bonchev–Trinajstić information content (AvgIpc) is 3.12. The number of aryl methyl sites for hydroxylation is 2. The number of likely N-dealkylation sites (tertiary alicyclic amines) is 1. The van der Waals surface area contributed by atoms with Crippen LogP contribution in [0, 0.1) is 12.8 Å². The Morgan fingerprint density at radius 1 is 1.04 bits per heavy atom. The predicted molar refractivity (Wildman–Crippen MR) is 107 cm³/mol. The van der Waals surface area contributed by atoms with Gasteiger partial charge in [0.2, 0.25) is 5.91 Å². The zero-order chi connectivity index (χ0) is 18.4. The Labute approximate surface area is 157 Å². The molecular formula is C23H30N2O. The molecule has 26 heavy (non-hydrogen) atoms. The number of benzene rings is 2. The Kier molecular flexibility index (Phi) is 6.45. The second kappa shape index (κ2) is 9.00. The van der Waals surface area contributed by atoms with Gasteiger partial charge in [0.25, 0.3) is 0 Å². The minimum Gasteiger partial charge on any atom is -0.342 e. The minimum absolute atomic E-state index is 0.283. The summed E-state index contributed by atoms with van der Waals surface area (Å²) in [4.78, 5) is 14.7. The van der Waals surface area contributed by atoms with E-state index < -0.39 is 0 Å². The number of nitrogens with zero attached hydrogens (tertiary/aromatic N) is 1. The van der Waals surface area contributed by atoms with Crippen LogP contribution in [-0.2, 0) is 11.2 Å². The van der Waals surface area contributed by atoms with E-state index in [-0.39, 0.29) is 5.91 Å². The van der Waals surface area contributed by atoms with Crippen molar-refractivity contribution in [2.24, 2.45) is 11.7 Å². The highest BCUT2D eigenvalue weighted by Gasteiger charge is 2.34. The molecule has 2 aromatic rings. The van der Waals surface area contributed by atoms with Gasteiger partial charge in [-0.2, -0.15) is 0 Å². The van der Waals surface area contributed by atoms with Crippen LogP contribution in [0.2, 0.25) is 0 Å². The fourth-order valence-electron chi connectivity index (χ4n) is 3.91. The first-order valence-corrected chi connectivity index (χ1v) is 9.75. The van der Waals surface area contributed by atoms with Gasteiger partial charge in [0.05, 0.1) is 0 Å². The van der Waals surface area contributed by atoms with Gasteiger partial charge in [-0.15, -0.1) is 0 Å². The maximum absolute atomic E-state index is 12.6. The number of nitrogens with two attached hydrogens (primary N) is 1. The van der Waals surface area contributed by atoms with Crippen molar-refractivity contribution in [3.05, 3.63) is 71.3 Å². The second-order valence-corrected chi connectivity index (χ2v) is 7.50. The van der Waals surface area contributed by atoms with E-state index >= 15 is 0 Å². The summed E-state index contributed by atoms with van der Waals surface area (Å²) in [7, 11) is 0. The summed E-state index contributed by atoms with van der Waals surface area (Å²) in [5.41, 5.74) is 9.94. The lowest BCUT2D eigenvalue weighted by molar-refractivity contribution is -0.130. The first-order valence-electron chi connectivity index (χ1n) is 9.75. The molecule has 1 amide bonds. The van der Waals surface area contributed by atoms with Crippen LogP contribution in [0.3, 0.4) is 0 Å². The van der Waals surface area contributed by atoms with Gasteiger partial charge in [0, 0.05) is 25.4 Å². The number of carbonyl (C=O) groups excluding carboxylic acids is 1. The molecule has 2 atom stereocenters. The van der Waals surface area contributed by atoms with Crippen LogP contribution in [-0.4, -0.2) is 30.4 Å². The Morgan fingerprint density at radius 3 is 2.46 bits per heavy atom. The number of hydrogen-bond acceptors (Lipinski definition) is 2. The molecule has 0 aromatic heterocycles. The van der Waals surface area contributed by atoms with Gasteiger partial charge >= 0.3 is 0 Å². The fraction of sp³-hybridized carbons (Fsp3) is 0.435. The molecule has 1 aliphatic heterocycles. The van der Waals surface area contributed by atoms with Crippen molar-refractivity contribution < 1.29 is 4.79 Å². The van der Waals surface area contributed by atoms with Gasteiger partial charge in [0.1, 0.15) is 0 Å². The summed E-state index contributed by atoms with van der Waals surface area (Å²) in [5.74, 6) is 1.03. The molecule has 0 unspecified atom stereocenters. The van der Waals surface area contributed by atoms with E-state index in [1.165, 1.54) is 16.7 Å². The summed E-state index contributed by atoms with van der Waals surface area (Å²) in [6, 6.07) is 19.2. The Hall–Kier alpha value is -2.13. The number of rotatable bonds is 7. The Bertz CT molecular complexity index is 696. The van der Waals surface area contributed by atoms with E-state index in [1.807, 2.05) is 11.0 Å². The smallest absolute Gasteiger partial charge is 0.222 e. The van der Waals surface area contributed by atoms with Crippen LogP contribution < -0.4 is 5.73 Å². The van der Waals surface area contributed by atoms with Gasteiger partial charge in [-0.05, 0) is 49.8 Å². The SMILES string of the molecule is Cc1ccc(CCCCC(=O)N2C[C@@H](CN)[C@H](c3ccccc3)C2)cc1. The van der Waals surface area contributed by atoms with E-state index in [4.69, 9.17) is 5.73 Å². The highest BCUT2D eigenvalue weighted by molar-refractivity contribution is 5.76. The van der Waals surface area contributed by atoms with Crippen molar-refractivity contribution in [1.29, 1.82) is 0 Å². The summed E-state index contributed by atoms with van der Waals surface area (Å²) < 4.78 is 0. The van der Waals surface area contributed by atoms with Gasteiger partial charge < -0.3 is 10.6 Å². The zero-order valence-corrected chi connectivity index (χ0v) is 15.7. The van der Waals surface area contributed by atoms with Crippen molar-refractivity contribution >= 4 is 5.91 Å². The Morgan fingerprint density at radius 2 is 1.77 bits per heavy atom. The lowest BCUT2D eigenvalue weighted by Gasteiger charge is -2.17. The average molecular weight is 351 g/mol. The molecule has 138 valence electrons. The van der Waals surface area contributed by atoms with Crippen LogP contribution in [0.15, 0.2) is 54.6 Å². The van der Waals surface area contributed by atoms with Crippen molar-refractivity contribution in [1.82, 2.24) is 4.90 Å². The normalized spacial score (nSPS) is 19.7. The van der Waals surface area contributed by atoms with Crippen molar-refractivity contribution in [3.8, 4) is 0 Å². The number of carbonyl (C=O) groups is 1. The van der Waals surface area contributed by atoms with Crippen LogP contribution in [0.5, 0.6) is 0 Å². The molecule has 3 nitrogen and oxygen atoms in total. The first kappa shape index (κ1) is 18.7. The molecule has 0 radical (unpaired) electrons. The number of unbranched alkanes of at least 4 members (excludes halogenated alkanes) is 1. The van der Waals surface area contributed by atoms with Crippen LogP contribution >= 0.6 is 0 Å². The van der Waals surface area contributed by atoms with Crippen molar-refractivity contribution in [3.63, 3.8) is 0 Å². The molecule has 0 saturated carbocycles. The van der Waals surface area contributed by atoms with Crippen molar-refractivity contribution in [2.45, 2.75) is 38.5 Å². The standard InChI is InChI=1S/C23H30N2O/c1-18-11-13-19(14-12-18)7-5-6-10-23(26)25-16-21(15-24)22(17-25)20-8-3-2-4-9-20/h2-4,8-9,11-14,21-22H,5-7,10,15-17,24H2,1H3/t21-,22+/m1/s1. The molecule has 1 saturated heterocycles. The molecule has 0 spiro atoms. The summed E-state index contributed by atoms with van der Waals surface area (Å²) in [5, 5.41) is 0. The van der Waals surface area contributed by atoms with Crippen LogP contribution in [0.25, 0.3) is 0 Å². The predicted octanol–water partition coefficient (Wildman–Crippen LogP) is 3.91. The minimum atomic E-state index is 0.283. The van der Waals surface area contributed by atoms with E-state index in [2.05, 4.69) is 55.5 Å². The topological polar surface area (TPSA) is 46.3 Å². The maximum Gasteiger partial charge on any atom is 0.222 e. The number of amides is 1. The van der Waals surface area contributed by atoms with Crippen molar-refractivity contribution in [2.75, 3.05) is 19.6 Å². The first-order chi connectivity index (χ1) is 12.7. The lowest BCUT2D eigenvalue weighted by atomic mass is 9.89. The van der Waals surface area contributed by atoms with E-state index in [1.54, 1.807) is 0 Å². The third kappa shape index (κ3) is 4.73. The van der Waals surface area contributed by atoms with E-state index in [0.29, 0.717) is 24.8 Å². The molecule has 2 aromatic carbocycles. The van der Waals surface area contributed by atoms with Gasteiger partial charge in [-0.3, -0.25) is 4.79 Å². The van der Waals surface area contributed by atoms with E-state index in [0.717, 1.165) is 32.4 Å². The van der Waals surface area contributed by atoms with Gasteiger partial charge in [0.15, 0.2) is 0 Å². The van der Waals surface area contributed by atoms with Crippen LogP contribution in [0.1, 0.15) is 41.9 Å². The third-order valence-corrected chi connectivity index (χ3v) is 5.55. The molecular weight excluding hydrogens is 320 g/mol. The number of hydrogen-bond donors (Lipinski definition) is 1. The highest BCUT2D eigenvalue weighted by atomic mass is 16.2. The van der Waals surface area contributed by atoms with Gasteiger partial charge in [-0.1, -0.05) is 60.2 Å². The summed E-state index contributed by atoms with van der Waals surface area (Å²) in [6.45, 7) is 4.35. The maximum atomic E-state index is 12.6. The lowest BCUT2D eigenvalue weighted by Crippen LogP contribution is -2.29. The zero-order valence-electron chi connectivity index (χ0n) is 15.7. The molecule has 1 heterocycles. The molecule has 2 N–H and O–H groups in total. The fourth-order valence-corrected chi connectivity index (χ4v) is 3.91.